The van der Waals surface area contributed by atoms with Crippen molar-refractivity contribution < 1.29 is 21.6 Å². The molecule has 0 spiro atoms. The molecular weight excluding hydrogens is 369 g/mol. The number of sulfone groups is 1. The van der Waals surface area contributed by atoms with Crippen LogP contribution >= 0.6 is 0 Å². The van der Waals surface area contributed by atoms with Gasteiger partial charge in [-0.15, -0.1) is 5.10 Å². The van der Waals surface area contributed by atoms with Gasteiger partial charge >= 0.3 is 6.18 Å². The highest BCUT2D eigenvalue weighted by atomic mass is 32.2. The number of pyridine rings is 1. The van der Waals surface area contributed by atoms with Gasteiger partial charge in [0.2, 0.25) is 0 Å². The minimum absolute atomic E-state index is 0.00130. The Bertz CT molecular complexity index is 1050. The smallest absolute Gasteiger partial charge is 0.253 e. The number of hydrogen-bond acceptors (Lipinski definition) is 5. The normalized spacial score (nSPS) is 12.3. The van der Waals surface area contributed by atoms with Crippen LogP contribution in [0.3, 0.4) is 0 Å². The molecule has 0 aliphatic carbocycles. The zero-order valence-corrected chi connectivity index (χ0v) is 14.3. The van der Waals surface area contributed by atoms with Crippen molar-refractivity contribution in [2.24, 2.45) is 0 Å². The second-order valence-corrected chi connectivity index (χ2v) is 7.60. The maximum atomic E-state index is 12.9. The molecule has 2 heterocycles. The third kappa shape index (κ3) is 3.45. The van der Waals surface area contributed by atoms with Gasteiger partial charge in [0.15, 0.2) is 9.84 Å². The first-order valence-electron chi connectivity index (χ1n) is 7.50. The van der Waals surface area contributed by atoms with Crippen LogP contribution < -0.4 is 0 Å². The Morgan fingerprint density at radius 3 is 2.62 bits per heavy atom. The van der Waals surface area contributed by atoms with E-state index in [1.807, 2.05) is 0 Å². The molecule has 0 amide bonds. The zero-order valence-electron chi connectivity index (χ0n) is 13.5. The number of aromatic nitrogens is 4. The summed E-state index contributed by atoms with van der Waals surface area (Å²) in [6.07, 6.45) is -1.73. The molecule has 0 aliphatic heterocycles. The molecule has 136 valence electrons. The van der Waals surface area contributed by atoms with Crippen LogP contribution in [0.2, 0.25) is 0 Å². The Hall–Kier alpha value is -2.75. The summed E-state index contributed by atoms with van der Waals surface area (Å²) in [6, 6.07) is 7.48. The Kier molecular flexibility index (Phi) is 4.53. The van der Waals surface area contributed by atoms with Gasteiger partial charge in [-0.3, -0.25) is 4.98 Å². The molecule has 0 radical (unpaired) electrons. The largest absolute Gasteiger partial charge is 0.416 e. The molecule has 0 aliphatic rings. The fraction of sp³-hybridized carbons (Fsp3) is 0.188. The third-order valence-electron chi connectivity index (χ3n) is 3.66. The Balaban J connectivity index is 2.06. The van der Waals surface area contributed by atoms with Gasteiger partial charge in [0, 0.05) is 6.20 Å². The van der Waals surface area contributed by atoms with Gasteiger partial charge in [0.25, 0.3) is 0 Å². The molecule has 0 N–H and O–H groups in total. The molecule has 0 saturated heterocycles. The predicted octanol–water partition coefficient (Wildman–Crippen LogP) is 3.14. The highest BCUT2D eigenvalue weighted by molar-refractivity contribution is 7.91. The van der Waals surface area contributed by atoms with E-state index in [9.17, 15) is 21.6 Å². The zero-order chi connectivity index (χ0) is 18.9. The quantitative estimate of drug-likeness (QED) is 0.693. The average molecular weight is 382 g/mol. The SMILES string of the molecule is CCS(=O)(=O)c1cccnc1-c1cn(-c2cccc(C(F)(F)F)c2)nn1. The first-order chi connectivity index (χ1) is 12.2. The van der Waals surface area contributed by atoms with Crippen molar-refractivity contribution in [1.29, 1.82) is 0 Å². The van der Waals surface area contributed by atoms with Gasteiger partial charge in [-0.2, -0.15) is 13.2 Å². The van der Waals surface area contributed by atoms with Crippen molar-refractivity contribution in [3.8, 4) is 17.1 Å². The molecule has 0 atom stereocenters. The summed E-state index contributed by atoms with van der Waals surface area (Å²) in [6.45, 7) is 1.51. The summed E-state index contributed by atoms with van der Waals surface area (Å²) in [5.41, 5.74) is -0.420. The van der Waals surface area contributed by atoms with Crippen LogP contribution in [-0.2, 0) is 16.0 Å². The number of halogens is 3. The molecular formula is C16H13F3N4O2S. The van der Waals surface area contributed by atoms with Crippen LogP contribution in [0.5, 0.6) is 0 Å². The maximum Gasteiger partial charge on any atom is 0.416 e. The number of nitrogens with zero attached hydrogens (tertiary/aromatic N) is 4. The van der Waals surface area contributed by atoms with E-state index in [0.29, 0.717) is 0 Å². The first-order valence-corrected chi connectivity index (χ1v) is 9.16. The monoisotopic (exact) mass is 382 g/mol. The highest BCUT2D eigenvalue weighted by Crippen LogP contribution is 2.30. The van der Waals surface area contributed by atoms with E-state index in [2.05, 4.69) is 15.3 Å². The Morgan fingerprint density at radius 1 is 1.15 bits per heavy atom. The molecule has 1 aromatic carbocycles. The molecule has 0 unspecified atom stereocenters. The molecule has 0 saturated carbocycles. The lowest BCUT2D eigenvalue weighted by Gasteiger charge is -2.08. The molecule has 3 aromatic rings. The van der Waals surface area contributed by atoms with Crippen LogP contribution in [0.25, 0.3) is 17.1 Å². The fourth-order valence-corrected chi connectivity index (χ4v) is 3.36. The van der Waals surface area contributed by atoms with Gasteiger partial charge in [-0.05, 0) is 30.3 Å². The predicted molar refractivity (Wildman–Crippen MR) is 87.3 cm³/mol. The van der Waals surface area contributed by atoms with Crippen LogP contribution in [0.4, 0.5) is 13.2 Å². The van der Waals surface area contributed by atoms with Crippen LogP contribution in [0.15, 0.2) is 53.7 Å². The standard InChI is InChI=1S/C16H13F3N4O2S/c1-2-26(24,25)14-7-4-8-20-15(14)13-10-23(22-21-13)12-6-3-5-11(9-12)16(17,18)19/h3-10H,2H2,1H3. The van der Waals surface area contributed by atoms with Crippen LogP contribution in [-0.4, -0.2) is 34.1 Å². The Morgan fingerprint density at radius 2 is 1.92 bits per heavy atom. The molecule has 0 fully saturated rings. The van der Waals surface area contributed by atoms with E-state index in [0.717, 1.165) is 16.8 Å². The van der Waals surface area contributed by atoms with Gasteiger partial charge < -0.3 is 0 Å². The van der Waals surface area contributed by atoms with Crippen molar-refractivity contribution in [3.05, 3.63) is 54.4 Å². The Labute approximate surface area is 147 Å². The topological polar surface area (TPSA) is 77.7 Å². The minimum Gasteiger partial charge on any atom is -0.253 e. The molecule has 0 bridgehead atoms. The van der Waals surface area contributed by atoms with E-state index < -0.39 is 21.6 Å². The number of alkyl halides is 3. The summed E-state index contributed by atoms with van der Waals surface area (Å²) in [4.78, 5) is 4.05. The summed E-state index contributed by atoms with van der Waals surface area (Å²) in [7, 11) is -3.55. The lowest BCUT2D eigenvalue weighted by Crippen LogP contribution is -2.06. The van der Waals surface area contributed by atoms with Crippen LogP contribution in [0.1, 0.15) is 12.5 Å². The minimum atomic E-state index is -4.48. The van der Waals surface area contributed by atoms with E-state index in [4.69, 9.17) is 0 Å². The number of rotatable bonds is 4. The number of hydrogen-bond donors (Lipinski definition) is 0. The molecule has 3 rings (SSSR count). The van der Waals surface area contributed by atoms with Crippen molar-refractivity contribution >= 4 is 9.84 Å². The van der Waals surface area contributed by atoms with Crippen molar-refractivity contribution in [2.45, 2.75) is 18.0 Å². The van der Waals surface area contributed by atoms with Crippen molar-refractivity contribution in [2.75, 3.05) is 5.75 Å². The molecule has 2 aromatic heterocycles. The summed E-state index contributed by atoms with van der Waals surface area (Å²) < 4.78 is 64.1. The van der Waals surface area contributed by atoms with Crippen molar-refractivity contribution in [1.82, 2.24) is 20.0 Å². The third-order valence-corrected chi connectivity index (χ3v) is 5.42. The first kappa shape index (κ1) is 18.1. The lowest BCUT2D eigenvalue weighted by atomic mass is 10.2. The molecule has 26 heavy (non-hydrogen) atoms. The van der Waals surface area contributed by atoms with Gasteiger partial charge in [-0.25, -0.2) is 13.1 Å². The second-order valence-electron chi connectivity index (χ2n) is 5.35. The lowest BCUT2D eigenvalue weighted by molar-refractivity contribution is -0.137. The van der Waals surface area contributed by atoms with E-state index in [1.54, 1.807) is 0 Å². The van der Waals surface area contributed by atoms with Crippen LogP contribution in [0, 0.1) is 0 Å². The van der Waals surface area contributed by atoms with Gasteiger partial charge in [0.05, 0.1) is 28.1 Å². The van der Waals surface area contributed by atoms with E-state index >= 15 is 0 Å². The van der Waals surface area contributed by atoms with Crippen molar-refractivity contribution in [3.63, 3.8) is 0 Å². The number of benzene rings is 1. The van der Waals surface area contributed by atoms with Gasteiger partial charge in [0.1, 0.15) is 11.4 Å². The van der Waals surface area contributed by atoms with E-state index in [1.165, 1.54) is 43.6 Å². The summed E-state index contributed by atoms with van der Waals surface area (Å²) >= 11 is 0. The highest BCUT2D eigenvalue weighted by Gasteiger charge is 2.30. The average Bonchev–Trinajstić information content (AvgIpc) is 3.11. The maximum absolute atomic E-state index is 12.9. The molecule has 10 heteroatoms. The van der Waals surface area contributed by atoms with Gasteiger partial charge in [-0.1, -0.05) is 18.2 Å². The molecule has 6 nitrogen and oxygen atoms in total. The van der Waals surface area contributed by atoms with E-state index in [-0.39, 0.29) is 27.7 Å². The summed E-state index contributed by atoms with van der Waals surface area (Å²) in [5, 5.41) is 7.67. The summed E-state index contributed by atoms with van der Waals surface area (Å²) in [5.74, 6) is -0.118. The second kappa shape index (κ2) is 6.52. The fourth-order valence-electron chi connectivity index (χ4n) is 2.31.